The summed E-state index contributed by atoms with van der Waals surface area (Å²) in [4.78, 5) is 0. The van der Waals surface area contributed by atoms with E-state index in [1.165, 1.54) is 12.0 Å². The summed E-state index contributed by atoms with van der Waals surface area (Å²) >= 11 is 5.97. The molecule has 90 valence electrons. The number of rotatable bonds is 4. The smallest absolute Gasteiger partial charge is 0.0409 e. The molecule has 0 fully saturated rings. The summed E-state index contributed by atoms with van der Waals surface area (Å²) in [6.45, 7) is 10.0. The van der Waals surface area contributed by atoms with Crippen molar-refractivity contribution in [3.05, 3.63) is 34.9 Å². The Morgan fingerprint density at radius 3 is 2.56 bits per heavy atom. The summed E-state index contributed by atoms with van der Waals surface area (Å²) in [5, 5.41) is 4.33. The molecule has 16 heavy (non-hydrogen) atoms. The minimum absolute atomic E-state index is 0.362. The third-order valence-electron chi connectivity index (χ3n) is 2.67. The number of nitrogens with one attached hydrogen (secondary N) is 1. The molecule has 0 aliphatic carbocycles. The number of hydrogen-bond donors (Lipinski definition) is 1. The standard InChI is InChI=1S/C14H22ClN/c1-11(16-9-8-14(2,3)4)12-6-5-7-13(15)10-12/h5-7,10-11,16H,8-9H2,1-4H3. The van der Waals surface area contributed by atoms with E-state index < -0.39 is 0 Å². The van der Waals surface area contributed by atoms with E-state index in [0.29, 0.717) is 11.5 Å². The fourth-order valence-corrected chi connectivity index (χ4v) is 1.76. The minimum Gasteiger partial charge on any atom is -0.310 e. The van der Waals surface area contributed by atoms with Crippen LogP contribution in [-0.4, -0.2) is 6.54 Å². The quantitative estimate of drug-likeness (QED) is 0.820. The second kappa shape index (κ2) is 5.70. The lowest BCUT2D eigenvalue weighted by Gasteiger charge is -2.21. The van der Waals surface area contributed by atoms with Gasteiger partial charge in [-0.1, -0.05) is 44.5 Å². The largest absolute Gasteiger partial charge is 0.310 e. The SMILES string of the molecule is CC(NCCC(C)(C)C)c1cccc(Cl)c1. The van der Waals surface area contributed by atoms with Gasteiger partial charge in [-0.2, -0.15) is 0 Å². The van der Waals surface area contributed by atoms with Gasteiger partial charge in [-0.3, -0.25) is 0 Å². The highest BCUT2D eigenvalue weighted by Gasteiger charge is 2.11. The van der Waals surface area contributed by atoms with Crippen LogP contribution in [0, 0.1) is 5.41 Å². The number of halogens is 1. The summed E-state index contributed by atoms with van der Waals surface area (Å²) in [6, 6.07) is 8.41. The molecule has 0 aliphatic heterocycles. The molecule has 1 aromatic rings. The molecule has 0 spiro atoms. The lowest BCUT2D eigenvalue weighted by molar-refractivity contribution is 0.358. The lowest BCUT2D eigenvalue weighted by atomic mass is 9.92. The predicted molar refractivity (Wildman–Crippen MR) is 71.9 cm³/mol. The van der Waals surface area contributed by atoms with Crippen molar-refractivity contribution < 1.29 is 0 Å². The maximum absolute atomic E-state index is 5.97. The molecule has 0 amide bonds. The van der Waals surface area contributed by atoms with E-state index in [9.17, 15) is 0 Å². The first-order valence-corrected chi connectivity index (χ1v) is 6.25. The normalized spacial score (nSPS) is 13.8. The Morgan fingerprint density at radius 1 is 1.31 bits per heavy atom. The molecule has 1 aromatic carbocycles. The van der Waals surface area contributed by atoms with Crippen LogP contribution in [0.5, 0.6) is 0 Å². The van der Waals surface area contributed by atoms with E-state index in [1.807, 2.05) is 18.2 Å². The summed E-state index contributed by atoms with van der Waals surface area (Å²) in [5.74, 6) is 0. The maximum atomic E-state index is 5.97. The van der Waals surface area contributed by atoms with Crippen LogP contribution in [0.4, 0.5) is 0 Å². The highest BCUT2D eigenvalue weighted by Crippen LogP contribution is 2.20. The van der Waals surface area contributed by atoms with Crippen LogP contribution in [0.2, 0.25) is 5.02 Å². The van der Waals surface area contributed by atoms with Gasteiger partial charge in [0.15, 0.2) is 0 Å². The lowest BCUT2D eigenvalue weighted by Crippen LogP contribution is -2.23. The second-order valence-electron chi connectivity index (χ2n) is 5.54. The van der Waals surface area contributed by atoms with Crippen molar-refractivity contribution in [2.75, 3.05) is 6.54 Å². The van der Waals surface area contributed by atoms with E-state index in [2.05, 4.69) is 39.1 Å². The molecule has 1 rings (SSSR count). The van der Waals surface area contributed by atoms with E-state index >= 15 is 0 Å². The van der Waals surface area contributed by atoms with Crippen molar-refractivity contribution in [1.29, 1.82) is 0 Å². The fourth-order valence-electron chi connectivity index (χ4n) is 1.56. The van der Waals surface area contributed by atoms with Gasteiger partial charge in [-0.05, 0) is 43.0 Å². The van der Waals surface area contributed by atoms with Gasteiger partial charge in [0.05, 0.1) is 0 Å². The zero-order valence-corrected chi connectivity index (χ0v) is 11.4. The zero-order valence-electron chi connectivity index (χ0n) is 10.7. The first-order valence-electron chi connectivity index (χ1n) is 5.87. The molecule has 0 heterocycles. The van der Waals surface area contributed by atoms with Gasteiger partial charge in [0.2, 0.25) is 0 Å². The Morgan fingerprint density at radius 2 is 2.00 bits per heavy atom. The molecule has 0 radical (unpaired) electrons. The minimum atomic E-state index is 0.362. The molecule has 0 saturated heterocycles. The average Bonchev–Trinajstić information content (AvgIpc) is 2.15. The van der Waals surface area contributed by atoms with Gasteiger partial charge in [0, 0.05) is 11.1 Å². The molecule has 1 unspecified atom stereocenters. The third kappa shape index (κ3) is 5.00. The molecule has 1 N–H and O–H groups in total. The second-order valence-corrected chi connectivity index (χ2v) is 5.98. The molecular formula is C14H22ClN. The highest BCUT2D eigenvalue weighted by molar-refractivity contribution is 6.30. The highest BCUT2D eigenvalue weighted by atomic mass is 35.5. The molecule has 0 bridgehead atoms. The van der Waals surface area contributed by atoms with Crippen molar-refractivity contribution in [3.8, 4) is 0 Å². The van der Waals surface area contributed by atoms with Crippen LogP contribution in [0.3, 0.4) is 0 Å². The Kier molecular flexibility index (Phi) is 4.82. The first kappa shape index (κ1) is 13.5. The van der Waals surface area contributed by atoms with Gasteiger partial charge in [0.1, 0.15) is 0 Å². The van der Waals surface area contributed by atoms with E-state index in [0.717, 1.165) is 11.6 Å². The van der Waals surface area contributed by atoms with Crippen LogP contribution in [0.1, 0.15) is 45.7 Å². The van der Waals surface area contributed by atoms with Crippen molar-refractivity contribution >= 4 is 11.6 Å². The van der Waals surface area contributed by atoms with Crippen LogP contribution < -0.4 is 5.32 Å². The van der Waals surface area contributed by atoms with E-state index in [1.54, 1.807) is 0 Å². The zero-order chi connectivity index (χ0) is 12.2. The Balaban J connectivity index is 2.44. The summed E-state index contributed by atoms with van der Waals surface area (Å²) in [6.07, 6.45) is 1.18. The molecule has 1 nitrogen and oxygen atoms in total. The third-order valence-corrected chi connectivity index (χ3v) is 2.91. The molecule has 1 atom stereocenters. The predicted octanol–water partition coefficient (Wildman–Crippen LogP) is 4.43. The molecule has 0 saturated carbocycles. The van der Waals surface area contributed by atoms with Crippen LogP contribution in [-0.2, 0) is 0 Å². The Bertz CT molecular complexity index is 328. The average molecular weight is 240 g/mol. The molecular weight excluding hydrogens is 218 g/mol. The van der Waals surface area contributed by atoms with E-state index in [4.69, 9.17) is 11.6 Å². The van der Waals surface area contributed by atoms with Crippen molar-refractivity contribution in [3.63, 3.8) is 0 Å². The van der Waals surface area contributed by atoms with Crippen LogP contribution in [0.15, 0.2) is 24.3 Å². The summed E-state index contributed by atoms with van der Waals surface area (Å²) in [7, 11) is 0. The van der Waals surface area contributed by atoms with Crippen molar-refractivity contribution in [2.24, 2.45) is 5.41 Å². The molecule has 0 aromatic heterocycles. The monoisotopic (exact) mass is 239 g/mol. The Hall–Kier alpha value is -0.530. The maximum Gasteiger partial charge on any atom is 0.0409 e. The van der Waals surface area contributed by atoms with Gasteiger partial charge in [0.25, 0.3) is 0 Å². The molecule has 0 aliphatic rings. The van der Waals surface area contributed by atoms with Gasteiger partial charge in [-0.25, -0.2) is 0 Å². The Labute approximate surface area is 104 Å². The van der Waals surface area contributed by atoms with Gasteiger partial charge in [-0.15, -0.1) is 0 Å². The summed E-state index contributed by atoms with van der Waals surface area (Å²) in [5.41, 5.74) is 1.64. The van der Waals surface area contributed by atoms with Crippen molar-refractivity contribution in [2.45, 2.75) is 40.2 Å². The molecule has 2 heteroatoms. The van der Waals surface area contributed by atoms with Crippen molar-refractivity contribution in [1.82, 2.24) is 5.32 Å². The van der Waals surface area contributed by atoms with Crippen LogP contribution >= 0.6 is 11.6 Å². The van der Waals surface area contributed by atoms with Gasteiger partial charge < -0.3 is 5.32 Å². The summed E-state index contributed by atoms with van der Waals surface area (Å²) < 4.78 is 0. The first-order chi connectivity index (χ1) is 7.38. The fraction of sp³-hybridized carbons (Fsp3) is 0.571. The van der Waals surface area contributed by atoms with Gasteiger partial charge >= 0.3 is 0 Å². The topological polar surface area (TPSA) is 12.0 Å². The van der Waals surface area contributed by atoms with E-state index in [-0.39, 0.29) is 0 Å². The number of hydrogen-bond acceptors (Lipinski definition) is 1. The van der Waals surface area contributed by atoms with Crippen LogP contribution in [0.25, 0.3) is 0 Å². The number of benzene rings is 1.